The maximum atomic E-state index is 11.3. The molecule has 2 heterocycles. The number of rotatable bonds is 2. The van der Waals surface area contributed by atoms with Crippen molar-refractivity contribution in [1.29, 1.82) is 0 Å². The Labute approximate surface area is 109 Å². The van der Waals surface area contributed by atoms with Crippen LogP contribution in [-0.2, 0) is 0 Å². The molecule has 0 radical (unpaired) electrons. The third-order valence-electron chi connectivity index (χ3n) is 3.45. The van der Waals surface area contributed by atoms with Crippen LogP contribution in [0.3, 0.4) is 0 Å². The maximum Gasteiger partial charge on any atom is 0.396 e. The molecule has 5 heteroatoms. The van der Waals surface area contributed by atoms with Crippen molar-refractivity contribution in [3.63, 3.8) is 0 Å². The minimum absolute atomic E-state index is 0.272. The van der Waals surface area contributed by atoms with Gasteiger partial charge in [0, 0.05) is 0 Å². The lowest BCUT2D eigenvalue weighted by atomic mass is 9.90. The van der Waals surface area contributed by atoms with E-state index in [2.05, 4.69) is 11.4 Å². The summed E-state index contributed by atoms with van der Waals surface area (Å²) in [5.41, 5.74) is 1.82. The SMILES string of the molecule is COc1cc(C2CCNCC2)cc2sc(=O)oc12. The van der Waals surface area contributed by atoms with Crippen LogP contribution >= 0.6 is 11.3 Å². The van der Waals surface area contributed by atoms with Crippen LogP contribution in [0.15, 0.2) is 21.3 Å². The van der Waals surface area contributed by atoms with Crippen LogP contribution in [0.25, 0.3) is 10.3 Å². The molecule has 0 atom stereocenters. The Balaban J connectivity index is 2.09. The zero-order chi connectivity index (χ0) is 12.5. The topological polar surface area (TPSA) is 51.5 Å². The Hall–Kier alpha value is -1.33. The molecule has 0 saturated carbocycles. The largest absolute Gasteiger partial charge is 0.493 e. The fourth-order valence-corrected chi connectivity index (χ4v) is 3.24. The first-order valence-electron chi connectivity index (χ1n) is 6.10. The fourth-order valence-electron chi connectivity index (χ4n) is 2.51. The number of nitrogens with one attached hydrogen (secondary N) is 1. The smallest absolute Gasteiger partial charge is 0.396 e. The van der Waals surface area contributed by atoms with E-state index in [0.717, 1.165) is 42.0 Å². The Kier molecular flexibility index (Phi) is 3.09. The highest BCUT2D eigenvalue weighted by Gasteiger charge is 2.19. The Morgan fingerprint density at radius 2 is 2.17 bits per heavy atom. The van der Waals surface area contributed by atoms with Gasteiger partial charge in [0.2, 0.25) is 0 Å². The molecule has 1 fully saturated rings. The maximum absolute atomic E-state index is 11.3. The normalized spacial score (nSPS) is 17.2. The summed E-state index contributed by atoms with van der Waals surface area (Å²) in [6, 6.07) is 4.08. The second kappa shape index (κ2) is 4.74. The van der Waals surface area contributed by atoms with E-state index < -0.39 is 0 Å². The molecule has 2 aromatic rings. The zero-order valence-corrected chi connectivity index (χ0v) is 11.0. The first kappa shape index (κ1) is 11.7. The monoisotopic (exact) mass is 265 g/mol. The highest BCUT2D eigenvalue weighted by molar-refractivity contribution is 7.16. The number of fused-ring (bicyclic) bond motifs is 1. The molecule has 0 spiro atoms. The summed E-state index contributed by atoms with van der Waals surface area (Å²) in [7, 11) is 1.61. The second-order valence-corrected chi connectivity index (χ2v) is 5.51. The first-order valence-corrected chi connectivity index (χ1v) is 6.92. The second-order valence-electron chi connectivity index (χ2n) is 4.53. The summed E-state index contributed by atoms with van der Waals surface area (Å²) in [6.07, 6.45) is 2.25. The lowest BCUT2D eigenvalue weighted by Gasteiger charge is -2.23. The molecule has 1 aliphatic heterocycles. The van der Waals surface area contributed by atoms with E-state index >= 15 is 0 Å². The van der Waals surface area contributed by atoms with Crippen LogP contribution in [-0.4, -0.2) is 20.2 Å². The predicted octanol–water partition coefficient (Wildman–Crippen LogP) is 2.33. The molecule has 0 unspecified atom stereocenters. The van der Waals surface area contributed by atoms with Gasteiger partial charge in [0.1, 0.15) is 0 Å². The van der Waals surface area contributed by atoms with Gasteiger partial charge < -0.3 is 14.5 Å². The van der Waals surface area contributed by atoms with Crippen molar-refractivity contribution in [2.75, 3.05) is 20.2 Å². The molecule has 3 rings (SSSR count). The summed E-state index contributed by atoms with van der Waals surface area (Å²) >= 11 is 1.14. The number of ether oxygens (including phenoxy) is 1. The van der Waals surface area contributed by atoms with E-state index in [1.807, 2.05) is 6.07 Å². The fraction of sp³-hybridized carbons (Fsp3) is 0.462. The van der Waals surface area contributed by atoms with Gasteiger partial charge in [-0.2, -0.15) is 0 Å². The van der Waals surface area contributed by atoms with E-state index in [1.54, 1.807) is 7.11 Å². The molecule has 0 amide bonds. The highest BCUT2D eigenvalue weighted by atomic mass is 32.1. The van der Waals surface area contributed by atoms with Gasteiger partial charge in [-0.05, 0) is 49.5 Å². The number of piperidine rings is 1. The molecule has 0 aliphatic carbocycles. The van der Waals surface area contributed by atoms with E-state index in [4.69, 9.17) is 9.15 Å². The standard InChI is InChI=1S/C13H15NO3S/c1-16-10-6-9(8-2-4-14-5-3-8)7-11-12(10)17-13(15)18-11/h6-8,14H,2-5H2,1H3. The number of methoxy groups -OCH3 is 1. The van der Waals surface area contributed by atoms with Crippen LogP contribution in [0.4, 0.5) is 0 Å². The van der Waals surface area contributed by atoms with Crippen molar-refractivity contribution in [3.05, 3.63) is 27.4 Å². The number of hydrogen-bond acceptors (Lipinski definition) is 5. The van der Waals surface area contributed by atoms with Gasteiger partial charge in [0.25, 0.3) is 0 Å². The van der Waals surface area contributed by atoms with Gasteiger partial charge in [-0.3, -0.25) is 0 Å². The van der Waals surface area contributed by atoms with Crippen LogP contribution in [0.5, 0.6) is 5.75 Å². The van der Waals surface area contributed by atoms with Crippen molar-refractivity contribution in [2.45, 2.75) is 18.8 Å². The summed E-state index contributed by atoms with van der Waals surface area (Å²) in [5, 5.41) is 3.36. The van der Waals surface area contributed by atoms with Gasteiger partial charge in [0.15, 0.2) is 11.3 Å². The van der Waals surface area contributed by atoms with Gasteiger partial charge >= 0.3 is 4.94 Å². The number of hydrogen-bond donors (Lipinski definition) is 1. The highest BCUT2D eigenvalue weighted by Crippen LogP contribution is 2.34. The summed E-state index contributed by atoms with van der Waals surface area (Å²) < 4.78 is 11.4. The quantitative estimate of drug-likeness (QED) is 0.905. The molecule has 1 aromatic carbocycles. The average Bonchev–Trinajstić information content (AvgIpc) is 2.78. The van der Waals surface area contributed by atoms with Crippen LogP contribution < -0.4 is 15.0 Å². The molecule has 0 bridgehead atoms. The zero-order valence-electron chi connectivity index (χ0n) is 10.2. The molecule has 1 aliphatic rings. The third kappa shape index (κ3) is 2.04. The van der Waals surface area contributed by atoms with Crippen LogP contribution in [0.2, 0.25) is 0 Å². The van der Waals surface area contributed by atoms with E-state index in [-0.39, 0.29) is 4.94 Å². The molecule has 1 aromatic heterocycles. The predicted molar refractivity (Wildman–Crippen MR) is 71.8 cm³/mol. The molecule has 18 heavy (non-hydrogen) atoms. The lowest BCUT2D eigenvalue weighted by molar-refractivity contribution is 0.405. The molecule has 4 nitrogen and oxygen atoms in total. The summed E-state index contributed by atoms with van der Waals surface area (Å²) in [5.74, 6) is 1.21. The van der Waals surface area contributed by atoms with Crippen molar-refractivity contribution in [1.82, 2.24) is 5.32 Å². The summed E-state index contributed by atoms with van der Waals surface area (Å²) in [4.78, 5) is 11.1. The van der Waals surface area contributed by atoms with Crippen molar-refractivity contribution >= 4 is 21.6 Å². The molecule has 1 saturated heterocycles. The molecule has 96 valence electrons. The minimum atomic E-state index is -0.272. The van der Waals surface area contributed by atoms with Crippen LogP contribution in [0, 0.1) is 0 Å². The van der Waals surface area contributed by atoms with E-state index in [1.165, 1.54) is 5.56 Å². The van der Waals surface area contributed by atoms with E-state index in [0.29, 0.717) is 17.3 Å². The van der Waals surface area contributed by atoms with Gasteiger partial charge in [-0.1, -0.05) is 11.3 Å². The Bertz CT molecular complexity index is 610. The van der Waals surface area contributed by atoms with Crippen molar-refractivity contribution in [2.24, 2.45) is 0 Å². The van der Waals surface area contributed by atoms with Gasteiger partial charge in [0.05, 0.1) is 11.8 Å². The molecular weight excluding hydrogens is 250 g/mol. The Morgan fingerprint density at radius 1 is 1.39 bits per heavy atom. The van der Waals surface area contributed by atoms with Crippen molar-refractivity contribution in [3.8, 4) is 5.75 Å². The molecular formula is C13H15NO3S. The minimum Gasteiger partial charge on any atom is -0.493 e. The average molecular weight is 265 g/mol. The number of benzene rings is 1. The molecule has 1 N–H and O–H groups in total. The first-order chi connectivity index (χ1) is 8.78. The summed E-state index contributed by atoms with van der Waals surface area (Å²) in [6.45, 7) is 2.10. The van der Waals surface area contributed by atoms with Gasteiger partial charge in [-0.25, -0.2) is 4.79 Å². The van der Waals surface area contributed by atoms with Crippen LogP contribution in [0.1, 0.15) is 24.3 Å². The Morgan fingerprint density at radius 3 is 2.89 bits per heavy atom. The van der Waals surface area contributed by atoms with E-state index in [9.17, 15) is 4.79 Å². The van der Waals surface area contributed by atoms with Crippen molar-refractivity contribution < 1.29 is 9.15 Å². The third-order valence-corrected chi connectivity index (χ3v) is 4.23. The lowest BCUT2D eigenvalue weighted by Crippen LogP contribution is -2.26. The van der Waals surface area contributed by atoms with Gasteiger partial charge in [-0.15, -0.1) is 0 Å².